The molecule has 3 rings (SSSR count). The molecule has 0 aliphatic carbocycles. The molecule has 0 aliphatic heterocycles. The average molecular weight is 313 g/mol. The van der Waals surface area contributed by atoms with E-state index in [0.29, 0.717) is 23.0 Å². The molecule has 1 heterocycles. The van der Waals surface area contributed by atoms with Crippen LogP contribution in [0.3, 0.4) is 0 Å². The van der Waals surface area contributed by atoms with Crippen molar-refractivity contribution in [1.82, 2.24) is 9.97 Å². The molecule has 2 N–H and O–H groups in total. The third-order valence-corrected chi connectivity index (χ3v) is 4.52. The third-order valence-electron chi connectivity index (χ3n) is 3.39. The summed E-state index contributed by atoms with van der Waals surface area (Å²) in [7, 11) is -3.18. The highest BCUT2D eigenvalue weighted by molar-refractivity contribution is 7.90. The molecule has 0 bridgehead atoms. The van der Waals surface area contributed by atoms with Gasteiger partial charge in [0.1, 0.15) is 11.6 Å². The molecule has 0 amide bonds. The molecule has 0 saturated carbocycles. The maximum atomic E-state index is 11.5. The van der Waals surface area contributed by atoms with E-state index < -0.39 is 9.84 Å². The molecule has 0 saturated heterocycles. The number of benzene rings is 2. The molecular formula is C16H15N3O2S. The molecule has 0 unspecified atom stereocenters. The van der Waals surface area contributed by atoms with Crippen LogP contribution in [-0.4, -0.2) is 24.6 Å². The van der Waals surface area contributed by atoms with E-state index in [4.69, 9.17) is 5.73 Å². The summed E-state index contributed by atoms with van der Waals surface area (Å²) in [5.74, 6) is 1.07. The van der Waals surface area contributed by atoms with Crippen molar-refractivity contribution in [3.05, 3.63) is 59.9 Å². The fourth-order valence-electron chi connectivity index (χ4n) is 2.27. The van der Waals surface area contributed by atoms with Crippen molar-refractivity contribution in [2.24, 2.45) is 0 Å². The Morgan fingerprint density at radius 1 is 1.00 bits per heavy atom. The molecule has 6 heteroatoms. The van der Waals surface area contributed by atoms with Gasteiger partial charge >= 0.3 is 0 Å². The predicted molar refractivity (Wildman–Crippen MR) is 86.3 cm³/mol. The lowest BCUT2D eigenvalue weighted by molar-refractivity contribution is 0.602. The van der Waals surface area contributed by atoms with Crippen molar-refractivity contribution in [1.29, 1.82) is 0 Å². The van der Waals surface area contributed by atoms with E-state index in [9.17, 15) is 8.42 Å². The molecule has 0 atom stereocenters. The maximum absolute atomic E-state index is 11.5. The lowest BCUT2D eigenvalue weighted by Crippen LogP contribution is -2.02. The summed E-state index contributed by atoms with van der Waals surface area (Å²) in [6, 6.07) is 14.3. The van der Waals surface area contributed by atoms with Crippen molar-refractivity contribution in [3.8, 4) is 0 Å². The van der Waals surface area contributed by atoms with Gasteiger partial charge in [0.15, 0.2) is 9.84 Å². The van der Waals surface area contributed by atoms with Gasteiger partial charge in [-0.15, -0.1) is 0 Å². The van der Waals surface area contributed by atoms with Crippen LogP contribution in [-0.2, 0) is 16.3 Å². The van der Waals surface area contributed by atoms with Crippen LogP contribution in [0.4, 0.5) is 5.82 Å². The standard InChI is InChI=1S/C16H15N3O2S/c1-22(20,21)12-8-6-11(7-9-12)10-15-18-14-5-3-2-4-13(14)16(17)19-15/h2-9H,10H2,1H3,(H2,17,18,19). The van der Waals surface area contributed by atoms with Gasteiger partial charge in [-0.1, -0.05) is 24.3 Å². The molecule has 5 nitrogen and oxygen atoms in total. The van der Waals surface area contributed by atoms with Gasteiger partial charge in [0.25, 0.3) is 0 Å². The molecular weight excluding hydrogens is 298 g/mol. The Labute approximate surface area is 128 Å². The second kappa shape index (κ2) is 5.38. The number of nitrogen functional groups attached to an aromatic ring is 1. The smallest absolute Gasteiger partial charge is 0.175 e. The van der Waals surface area contributed by atoms with E-state index in [1.807, 2.05) is 24.3 Å². The van der Waals surface area contributed by atoms with Crippen molar-refractivity contribution < 1.29 is 8.42 Å². The minimum atomic E-state index is -3.18. The minimum Gasteiger partial charge on any atom is -0.383 e. The quantitative estimate of drug-likeness (QED) is 0.801. The zero-order valence-corrected chi connectivity index (χ0v) is 12.8. The molecule has 3 aromatic rings. The largest absolute Gasteiger partial charge is 0.383 e. The first-order valence-corrected chi connectivity index (χ1v) is 8.63. The highest BCUT2D eigenvalue weighted by Crippen LogP contribution is 2.19. The SMILES string of the molecule is CS(=O)(=O)c1ccc(Cc2nc(N)c3ccccc3n2)cc1. The number of rotatable bonds is 3. The first-order chi connectivity index (χ1) is 10.4. The zero-order chi connectivity index (χ0) is 15.7. The van der Waals surface area contributed by atoms with Crippen LogP contribution in [0.5, 0.6) is 0 Å². The molecule has 1 aromatic heterocycles. The molecule has 2 aromatic carbocycles. The summed E-state index contributed by atoms with van der Waals surface area (Å²) < 4.78 is 22.9. The monoisotopic (exact) mass is 313 g/mol. The summed E-state index contributed by atoms with van der Waals surface area (Å²) in [6.45, 7) is 0. The number of hydrogen-bond acceptors (Lipinski definition) is 5. The van der Waals surface area contributed by atoms with Crippen LogP contribution in [0.2, 0.25) is 0 Å². The van der Waals surface area contributed by atoms with Crippen molar-refractivity contribution in [2.45, 2.75) is 11.3 Å². The number of anilines is 1. The second-order valence-electron chi connectivity index (χ2n) is 5.14. The Kier molecular flexibility index (Phi) is 3.54. The Hall–Kier alpha value is -2.47. The van der Waals surface area contributed by atoms with Crippen molar-refractivity contribution >= 4 is 26.6 Å². The zero-order valence-electron chi connectivity index (χ0n) is 12.0. The third kappa shape index (κ3) is 2.92. The van der Waals surface area contributed by atoms with Crippen LogP contribution < -0.4 is 5.73 Å². The lowest BCUT2D eigenvalue weighted by Gasteiger charge is -2.06. The summed E-state index contributed by atoms with van der Waals surface area (Å²) in [6.07, 6.45) is 1.69. The number of fused-ring (bicyclic) bond motifs is 1. The first-order valence-electron chi connectivity index (χ1n) is 6.73. The van der Waals surface area contributed by atoms with E-state index in [-0.39, 0.29) is 0 Å². The van der Waals surface area contributed by atoms with Crippen LogP contribution in [0.1, 0.15) is 11.4 Å². The van der Waals surface area contributed by atoms with E-state index >= 15 is 0 Å². The molecule has 112 valence electrons. The van der Waals surface area contributed by atoms with Gasteiger partial charge in [0, 0.05) is 18.1 Å². The summed E-state index contributed by atoms with van der Waals surface area (Å²) in [5.41, 5.74) is 7.70. The number of sulfone groups is 1. The van der Waals surface area contributed by atoms with E-state index in [1.54, 1.807) is 24.3 Å². The fraction of sp³-hybridized carbons (Fsp3) is 0.125. The van der Waals surface area contributed by atoms with Gasteiger partial charge in [-0.25, -0.2) is 18.4 Å². The molecule has 0 spiro atoms. The van der Waals surface area contributed by atoms with Gasteiger partial charge in [-0.05, 0) is 29.8 Å². The maximum Gasteiger partial charge on any atom is 0.175 e. The lowest BCUT2D eigenvalue weighted by atomic mass is 10.1. The highest BCUT2D eigenvalue weighted by Gasteiger charge is 2.08. The fourth-order valence-corrected chi connectivity index (χ4v) is 2.90. The number of aromatic nitrogens is 2. The minimum absolute atomic E-state index is 0.301. The van der Waals surface area contributed by atoms with Crippen LogP contribution in [0, 0.1) is 0 Å². The van der Waals surface area contributed by atoms with Crippen LogP contribution >= 0.6 is 0 Å². The van der Waals surface area contributed by atoms with E-state index in [2.05, 4.69) is 9.97 Å². The van der Waals surface area contributed by atoms with Crippen molar-refractivity contribution in [2.75, 3.05) is 12.0 Å². The van der Waals surface area contributed by atoms with Gasteiger partial charge in [0.2, 0.25) is 0 Å². The molecule has 0 radical (unpaired) electrons. The average Bonchev–Trinajstić information content (AvgIpc) is 2.47. The summed E-state index contributed by atoms with van der Waals surface area (Å²) >= 11 is 0. The molecule has 22 heavy (non-hydrogen) atoms. The Balaban J connectivity index is 1.93. The molecule has 0 fully saturated rings. The van der Waals surface area contributed by atoms with E-state index in [0.717, 1.165) is 16.5 Å². The number of hydrogen-bond donors (Lipinski definition) is 1. The predicted octanol–water partition coefficient (Wildman–Crippen LogP) is 2.21. The number of para-hydroxylation sites is 1. The van der Waals surface area contributed by atoms with Crippen molar-refractivity contribution in [3.63, 3.8) is 0 Å². The van der Waals surface area contributed by atoms with Gasteiger partial charge in [0.05, 0.1) is 10.4 Å². The van der Waals surface area contributed by atoms with E-state index in [1.165, 1.54) is 6.26 Å². The topological polar surface area (TPSA) is 85.9 Å². The van der Waals surface area contributed by atoms with Gasteiger partial charge in [-0.2, -0.15) is 0 Å². The normalized spacial score (nSPS) is 11.7. The summed E-state index contributed by atoms with van der Waals surface area (Å²) in [5, 5.41) is 0.832. The molecule has 0 aliphatic rings. The van der Waals surface area contributed by atoms with Gasteiger partial charge < -0.3 is 5.73 Å². The first kappa shape index (κ1) is 14.5. The summed E-state index contributed by atoms with van der Waals surface area (Å²) in [4.78, 5) is 9.11. The Morgan fingerprint density at radius 2 is 1.68 bits per heavy atom. The van der Waals surface area contributed by atoms with Gasteiger partial charge in [-0.3, -0.25) is 0 Å². The highest BCUT2D eigenvalue weighted by atomic mass is 32.2. The number of nitrogens with zero attached hydrogens (tertiary/aromatic N) is 2. The van der Waals surface area contributed by atoms with Crippen LogP contribution in [0.25, 0.3) is 10.9 Å². The van der Waals surface area contributed by atoms with Crippen LogP contribution in [0.15, 0.2) is 53.4 Å². The second-order valence-corrected chi connectivity index (χ2v) is 7.15. The Morgan fingerprint density at radius 3 is 2.36 bits per heavy atom. The number of nitrogens with two attached hydrogens (primary N) is 1. The Bertz CT molecular complexity index is 935.